The van der Waals surface area contributed by atoms with E-state index < -0.39 is 0 Å². The Hall–Kier alpha value is -2.78. The smallest absolute Gasteiger partial charge is 0.0927 e. The molecule has 0 unspecified atom stereocenters. The van der Waals surface area contributed by atoms with Crippen LogP contribution < -0.4 is 10.4 Å². The molecule has 112 valence electrons. The molecule has 0 atom stereocenters. The Morgan fingerprint density at radius 1 is 1.09 bits per heavy atom. The topological polar surface area (TPSA) is 35.5 Å². The van der Waals surface area contributed by atoms with Crippen LogP contribution in [0.4, 0.5) is 17.1 Å². The van der Waals surface area contributed by atoms with E-state index in [0.717, 1.165) is 11.4 Å². The second-order valence-corrected chi connectivity index (χ2v) is 4.65. The maximum atomic E-state index is 10.5. The van der Waals surface area contributed by atoms with Crippen LogP contribution in [0.2, 0.25) is 0 Å². The van der Waals surface area contributed by atoms with Crippen molar-refractivity contribution in [1.82, 2.24) is 0 Å². The van der Waals surface area contributed by atoms with E-state index in [2.05, 4.69) is 11.9 Å². The molecule has 0 aromatic heterocycles. The Labute approximate surface area is 131 Å². The lowest BCUT2D eigenvalue weighted by Gasteiger charge is -2.21. The fourth-order valence-corrected chi connectivity index (χ4v) is 2.07. The van der Waals surface area contributed by atoms with Gasteiger partial charge in [0.1, 0.15) is 0 Å². The van der Waals surface area contributed by atoms with Crippen molar-refractivity contribution in [1.29, 1.82) is 0 Å². The Morgan fingerprint density at radius 3 is 2.45 bits per heavy atom. The minimum absolute atomic E-state index is 0.674. The normalized spacial score (nSPS) is 11.5. The van der Waals surface area contributed by atoms with Gasteiger partial charge < -0.3 is 5.32 Å². The molecule has 22 heavy (non-hydrogen) atoms. The first-order valence-electron chi connectivity index (χ1n) is 7.11. The summed E-state index contributed by atoms with van der Waals surface area (Å²) in [4.78, 5) is 0. The molecule has 2 N–H and O–H groups in total. The fraction of sp³-hybridized carbons (Fsp3) is 0.0526. The molecule has 0 spiro atoms. The van der Waals surface area contributed by atoms with Crippen molar-refractivity contribution in [3.8, 4) is 0 Å². The average Bonchev–Trinajstić information content (AvgIpc) is 2.56. The highest BCUT2D eigenvalue weighted by Crippen LogP contribution is 2.31. The van der Waals surface area contributed by atoms with Gasteiger partial charge in [-0.15, -0.1) is 0 Å². The van der Waals surface area contributed by atoms with Crippen molar-refractivity contribution in [2.45, 2.75) is 6.92 Å². The molecule has 3 nitrogen and oxygen atoms in total. The van der Waals surface area contributed by atoms with Crippen LogP contribution in [-0.4, -0.2) is 5.21 Å². The minimum atomic E-state index is 0.674. The Kier molecular flexibility index (Phi) is 5.57. The number of hydrogen-bond acceptors (Lipinski definition) is 3. The van der Waals surface area contributed by atoms with Crippen LogP contribution in [0.3, 0.4) is 0 Å². The average molecular weight is 292 g/mol. The molecule has 0 bridgehead atoms. The van der Waals surface area contributed by atoms with Crippen molar-refractivity contribution >= 4 is 17.1 Å². The molecule has 0 aliphatic carbocycles. The number of nitrogens with zero attached hydrogens (tertiary/aromatic N) is 1. The molecule has 2 aromatic rings. The third-order valence-electron chi connectivity index (χ3n) is 3.06. The zero-order chi connectivity index (χ0) is 15.8. The summed E-state index contributed by atoms with van der Waals surface area (Å²) in [6.07, 6.45) is 7.49. The molecule has 0 radical (unpaired) electrons. The summed E-state index contributed by atoms with van der Waals surface area (Å²) in [5.74, 6) is 0. The van der Waals surface area contributed by atoms with E-state index in [-0.39, 0.29) is 0 Å². The summed E-state index contributed by atoms with van der Waals surface area (Å²) in [5, 5.41) is 15.0. The number of rotatable bonds is 6. The first-order valence-corrected chi connectivity index (χ1v) is 7.11. The van der Waals surface area contributed by atoms with Gasteiger partial charge >= 0.3 is 0 Å². The van der Waals surface area contributed by atoms with Crippen LogP contribution in [0.1, 0.15) is 6.92 Å². The maximum absolute atomic E-state index is 10.5. The number of benzene rings is 2. The summed E-state index contributed by atoms with van der Waals surface area (Å²) in [6, 6.07) is 17.0. The van der Waals surface area contributed by atoms with Gasteiger partial charge in [0.05, 0.1) is 17.1 Å². The second kappa shape index (κ2) is 7.86. The van der Waals surface area contributed by atoms with Crippen LogP contribution in [-0.2, 0) is 0 Å². The summed E-state index contributed by atoms with van der Waals surface area (Å²) in [5.41, 5.74) is 3.08. The van der Waals surface area contributed by atoms with E-state index in [4.69, 9.17) is 0 Å². The molecular weight excluding hydrogens is 272 g/mol. The Bertz CT molecular complexity index is 675. The van der Waals surface area contributed by atoms with E-state index in [9.17, 15) is 5.21 Å². The van der Waals surface area contributed by atoms with Gasteiger partial charge in [-0.2, -0.15) is 0 Å². The van der Waals surface area contributed by atoms with Crippen LogP contribution in [0.15, 0.2) is 91.2 Å². The first kappa shape index (κ1) is 15.6. The number of anilines is 3. The Morgan fingerprint density at radius 2 is 1.77 bits per heavy atom. The first-order chi connectivity index (χ1) is 10.8. The van der Waals surface area contributed by atoms with E-state index in [1.807, 2.05) is 79.7 Å². The van der Waals surface area contributed by atoms with Crippen LogP contribution >= 0.6 is 0 Å². The molecule has 3 heteroatoms. The van der Waals surface area contributed by atoms with Crippen LogP contribution in [0.5, 0.6) is 0 Å². The van der Waals surface area contributed by atoms with Crippen molar-refractivity contribution in [3.05, 3.63) is 91.2 Å². The van der Waals surface area contributed by atoms with E-state index in [1.165, 1.54) is 5.06 Å². The Balaban J connectivity index is 2.34. The van der Waals surface area contributed by atoms with E-state index >= 15 is 0 Å². The van der Waals surface area contributed by atoms with Gasteiger partial charge in [0.25, 0.3) is 0 Å². The third kappa shape index (κ3) is 3.87. The summed E-state index contributed by atoms with van der Waals surface area (Å²) >= 11 is 0. The zero-order valence-electron chi connectivity index (χ0n) is 12.6. The molecule has 0 aliphatic heterocycles. The van der Waals surface area contributed by atoms with E-state index in [0.29, 0.717) is 11.4 Å². The van der Waals surface area contributed by atoms with Gasteiger partial charge in [-0.25, -0.2) is 5.06 Å². The molecule has 0 fully saturated rings. The van der Waals surface area contributed by atoms with Gasteiger partial charge in [-0.3, -0.25) is 5.21 Å². The summed E-state index contributed by atoms with van der Waals surface area (Å²) in [7, 11) is 0. The van der Waals surface area contributed by atoms with Crippen molar-refractivity contribution in [2.75, 3.05) is 10.4 Å². The zero-order valence-corrected chi connectivity index (χ0v) is 12.6. The second-order valence-electron chi connectivity index (χ2n) is 4.65. The lowest BCUT2D eigenvalue weighted by Crippen LogP contribution is -2.12. The van der Waals surface area contributed by atoms with Crippen molar-refractivity contribution in [3.63, 3.8) is 0 Å². The predicted molar refractivity (Wildman–Crippen MR) is 93.5 cm³/mol. The molecule has 0 saturated heterocycles. The standard InChI is InChI=1S/C19H20N2O/c1-3-10-16(11-4-2)20-18-14-8-9-15-19(18)21(22)17-12-6-5-7-13-17/h3-15,20,22H,1H2,2H3/b11-4-,16-10+. The maximum Gasteiger partial charge on any atom is 0.0927 e. The number of hydrogen-bond donors (Lipinski definition) is 2. The molecule has 0 amide bonds. The molecule has 2 aromatic carbocycles. The van der Waals surface area contributed by atoms with E-state index in [1.54, 1.807) is 6.08 Å². The van der Waals surface area contributed by atoms with Gasteiger partial charge in [-0.1, -0.05) is 49.1 Å². The minimum Gasteiger partial charge on any atom is -0.354 e. The van der Waals surface area contributed by atoms with Gasteiger partial charge in [0.15, 0.2) is 0 Å². The highest BCUT2D eigenvalue weighted by atomic mass is 16.5. The molecular formula is C19H20N2O. The third-order valence-corrected chi connectivity index (χ3v) is 3.06. The van der Waals surface area contributed by atoms with Gasteiger partial charge in [-0.05, 0) is 43.3 Å². The number of para-hydroxylation sites is 3. The SMILES string of the molecule is C=C/C=C(\C=C/C)Nc1ccccc1N(O)c1ccccc1. The van der Waals surface area contributed by atoms with Crippen LogP contribution in [0, 0.1) is 0 Å². The fourth-order valence-electron chi connectivity index (χ4n) is 2.07. The largest absolute Gasteiger partial charge is 0.354 e. The lowest BCUT2D eigenvalue weighted by atomic mass is 10.2. The van der Waals surface area contributed by atoms with Crippen LogP contribution in [0.25, 0.3) is 0 Å². The van der Waals surface area contributed by atoms with Crippen molar-refractivity contribution in [2.24, 2.45) is 0 Å². The molecule has 0 saturated carbocycles. The number of nitrogens with one attached hydrogen (secondary N) is 1. The predicted octanol–water partition coefficient (Wildman–Crippen LogP) is 5.27. The summed E-state index contributed by atoms with van der Waals surface area (Å²) < 4.78 is 0. The molecule has 0 aliphatic rings. The van der Waals surface area contributed by atoms with Gasteiger partial charge in [0.2, 0.25) is 0 Å². The monoisotopic (exact) mass is 292 g/mol. The quantitative estimate of drug-likeness (QED) is 0.562. The number of allylic oxidation sites excluding steroid dienone is 4. The highest BCUT2D eigenvalue weighted by Gasteiger charge is 2.10. The highest BCUT2D eigenvalue weighted by molar-refractivity contribution is 5.76. The summed E-state index contributed by atoms with van der Waals surface area (Å²) in [6.45, 7) is 5.67. The molecule has 2 rings (SSSR count). The molecule has 0 heterocycles. The lowest BCUT2D eigenvalue weighted by molar-refractivity contribution is 0.301. The van der Waals surface area contributed by atoms with Crippen molar-refractivity contribution < 1.29 is 5.21 Å². The van der Waals surface area contributed by atoms with Gasteiger partial charge in [0, 0.05) is 5.70 Å².